The predicted octanol–water partition coefficient (Wildman–Crippen LogP) is 2.82. The van der Waals surface area contributed by atoms with E-state index in [4.69, 9.17) is 18.9 Å². The molecule has 8 nitrogen and oxygen atoms in total. The molecule has 35 heavy (non-hydrogen) atoms. The van der Waals surface area contributed by atoms with Crippen molar-refractivity contribution in [3.63, 3.8) is 0 Å². The number of benzene rings is 2. The molecule has 9 heteroatoms. The van der Waals surface area contributed by atoms with E-state index in [9.17, 15) is 9.59 Å². The number of thiazole rings is 1. The quantitative estimate of drug-likeness (QED) is 0.470. The topological polar surface area (TPSA) is 88.4 Å². The second kappa shape index (κ2) is 10.2. The van der Waals surface area contributed by atoms with Crippen molar-refractivity contribution in [3.05, 3.63) is 84.5 Å². The Labute approximate surface area is 206 Å². The third-order valence-corrected chi connectivity index (χ3v) is 6.64. The minimum absolute atomic E-state index is 0.205. The van der Waals surface area contributed by atoms with Crippen LogP contribution in [0, 0.1) is 0 Å². The maximum Gasteiger partial charge on any atom is 0.338 e. The first-order valence-electron chi connectivity index (χ1n) is 11.0. The molecule has 4 rings (SSSR count). The summed E-state index contributed by atoms with van der Waals surface area (Å²) in [6.07, 6.45) is 1.80. The second-order valence-electron chi connectivity index (χ2n) is 7.69. The molecule has 1 aliphatic rings. The Morgan fingerprint density at radius 1 is 1.06 bits per heavy atom. The summed E-state index contributed by atoms with van der Waals surface area (Å²) in [6, 6.07) is 12.0. The number of carbonyl (C=O) groups is 1. The zero-order chi connectivity index (χ0) is 25.1. The van der Waals surface area contributed by atoms with Gasteiger partial charge in [0.2, 0.25) is 0 Å². The molecule has 0 saturated heterocycles. The van der Waals surface area contributed by atoms with Gasteiger partial charge in [0, 0.05) is 0 Å². The molecule has 0 amide bonds. The smallest absolute Gasteiger partial charge is 0.338 e. The fraction of sp³-hybridized carbons (Fsp3) is 0.269. The maximum atomic E-state index is 13.7. The van der Waals surface area contributed by atoms with Gasteiger partial charge in [0.05, 0.1) is 49.8 Å². The molecule has 2 heterocycles. The summed E-state index contributed by atoms with van der Waals surface area (Å²) in [5.41, 5.74) is 2.08. The SMILES string of the molecule is CCOC(=O)C1=C(C)N=c2sc(=Cc3ccc(OC)cc3)c(=O)n2C1c1ccc(OC)c(OC)c1. The number of methoxy groups -OCH3 is 3. The molecule has 0 N–H and O–H groups in total. The number of hydrogen-bond donors (Lipinski definition) is 0. The number of rotatable bonds is 7. The Morgan fingerprint density at radius 2 is 1.77 bits per heavy atom. The van der Waals surface area contributed by atoms with Gasteiger partial charge in [-0.3, -0.25) is 9.36 Å². The average Bonchev–Trinajstić information content (AvgIpc) is 3.17. The van der Waals surface area contributed by atoms with Gasteiger partial charge >= 0.3 is 5.97 Å². The van der Waals surface area contributed by atoms with Crippen LogP contribution in [0.3, 0.4) is 0 Å². The molecule has 0 spiro atoms. The van der Waals surface area contributed by atoms with Crippen LogP contribution in [0.4, 0.5) is 0 Å². The van der Waals surface area contributed by atoms with Gasteiger partial charge in [0.15, 0.2) is 16.3 Å². The van der Waals surface area contributed by atoms with Crippen LogP contribution < -0.4 is 29.1 Å². The largest absolute Gasteiger partial charge is 0.497 e. The fourth-order valence-corrected chi connectivity index (χ4v) is 5.03. The minimum Gasteiger partial charge on any atom is -0.497 e. The van der Waals surface area contributed by atoms with Gasteiger partial charge in [-0.05, 0) is 55.3 Å². The number of fused-ring (bicyclic) bond motifs is 1. The first-order chi connectivity index (χ1) is 16.9. The normalized spacial score (nSPS) is 15.3. The first-order valence-corrected chi connectivity index (χ1v) is 11.8. The zero-order valence-corrected chi connectivity index (χ0v) is 21.0. The molecule has 1 aromatic heterocycles. The van der Waals surface area contributed by atoms with Gasteiger partial charge in [-0.1, -0.05) is 29.5 Å². The summed E-state index contributed by atoms with van der Waals surface area (Å²) in [5.74, 6) is 1.24. The summed E-state index contributed by atoms with van der Waals surface area (Å²) < 4.78 is 23.4. The molecule has 0 aliphatic carbocycles. The minimum atomic E-state index is -0.733. The second-order valence-corrected chi connectivity index (χ2v) is 8.70. The lowest BCUT2D eigenvalue weighted by atomic mass is 9.95. The molecule has 3 aromatic rings. The Hall–Kier alpha value is -3.85. The standard InChI is InChI=1S/C26H26N2O6S/c1-6-34-25(30)22-15(2)27-26-28(23(22)17-9-12-19(32-4)20(14-17)33-5)24(29)21(35-26)13-16-7-10-18(31-3)11-8-16/h7-14,23H,6H2,1-5H3. The van der Waals surface area contributed by atoms with Crippen LogP contribution >= 0.6 is 11.3 Å². The van der Waals surface area contributed by atoms with Crippen molar-refractivity contribution in [2.45, 2.75) is 19.9 Å². The molecular weight excluding hydrogens is 468 g/mol. The number of nitrogens with zero attached hydrogens (tertiary/aromatic N) is 2. The van der Waals surface area contributed by atoms with Crippen LogP contribution in [0.25, 0.3) is 6.08 Å². The van der Waals surface area contributed by atoms with Crippen molar-refractivity contribution in [2.24, 2.45) is 4.99 Å². The van der Waals surface area contributed by atoms with Gasteiger partial charge in [0.25, 0.3) is 5.56 Å². The highest BCUT2D eigenvalue weighted by Crippen LogP contribution is 2.36. The molecule has 2 aromatic carbocycles. The maximum absolute atomic E-state index is 13.7. The van der Waals surface area contributed by atoms with Gasteiger partial charge in [-0.25, -0.2) is 9.79 Å². The van der Waals surface area contributed by atoms with Crippen LogP contribution in [0.1, 0.15) is 31.0 Å². The lowest BCUT2D eigenvalue weighted by molar-refractivity contribution is -0.139. The Bertz CT molecular complexity index is 1470. The molecule has 0 fully saturated rings. The molecule has 1 aliphatic heterocycles. The van der Waals surface area contributed by atoms with E-state index in [1.165, 1.54) is 18.4 Å². The van der Waals surface area contributed by atoms with E-state index >= 15 is 0 Å². The Balaban J connectivity index is 1.94. The highest BCUT2D eigenvalue weighted by molar-refractivity contribution is 7.07. The third-order valence-electron chi connectivity index (χ3n) is 5.65. The van der Waals surface area contributed by atoms with Gasteiger partial charge in [-0.2, -0.15) is 0 Å². The number of allylic oxidation sites excluding steroid dienone is 1. The number of ether oxygens (including phenoxy) is 4. The van der Waals surface area contributed by atoms with E-state index in [0.717, 1.165) is 11.3 Å². The highest BCUT2D eigenvalue weighted by Gasteiger charge is 2.33. The van der Waals surface area contributed by atoms with Crippen LogP contribution in [-0.4, -0.2) is 38.5 Å². The number of hydrogen-bond acceptors (Lipinski definition) is 8. The summed E-state index contributed by atoms with van der Waals surface area (Å²) in [5, 5.41) is 0. The van der Waals surface area contributed by atoms with Crippen LogP contribution in [0.15, 0.2) is 63.5 Å². The summed E-state index contributed by atoms with van der Waals surface area (Å²) in [4.78, 5) is 31.8. The molecular formula is C26H26N2O6S. The molecule has 0 saturated carbocycles. The van der Waals surface area contributed by atoms with E-state index in [2.05, 4.69) is 4.99 Å². The monoisotopic (exact) mass is 494 g/mol. The van der Waals surface area contributed by atoms with Gasteiger partial charge in [0.1, 0.15) is 5.75 Å². The highest BCUT2D eigenvalue weighted by atomic mass is 32.1. The van der Waals surface area contributed by atoms with Crippen LogP contribution in [0.5, 0.6) is 17.2 Å². The Kier molecular flexibility index (Phi) is 7.07. The Morgan fingerprint density at radius 3 is 2.40 bits per heavy atom. The molecule has 0 bridgehead atoms. The van der Waals surface area contributed by atoms with Crippen molar-refractivity contribution in [2.75, 3.05) is 27.9 Å². The van der Waals surface area contributed by atoms with Crippen molar-refractivity contribution in [1.29, 1.82) is 0 Å². The van der Waals surface area contributed by atoms with Crippen molar-refractivity contribution >= 4 is 23.4 Å². The molecule has 0 radical (unpaired) electrons. The molecule has 1 unspecified atom stereocenters. The zero-order valence-electron chi connectivity index (χ0n) is 20.2. The van der Waals surface area contributed by atoms with Crippen LogP contribution in [-0.2, 0) is 9.53 Å². The van der Waals surface area contributed by atoms with E-state index in [1.807, 2.05) is 30.3 Å². The number of aromatic nitrogens is 1. The summed E-state index contributed by atoms with van der Waals surface area (Å²) >= 11 is 1.27. The van der Waals surface area contributed by atoms with Crippen molar-refractivity contribution in [1.82, 2.24) is 4.57 Å². The van der Waals surface area contributed by atoms with E-state index in [1.54, 1.807) is 50.8 Å². The average molecular weight is 495 g/mol. The number of esters is 1. The van der Waals surface area contributed by atoms with Gasteiger partial charge in [-0.15, -0.1) is 0 Å². The summed E-state index contributed by atoms with van der Waals surface area (Å²) in [7, 11) is 4.69. The lowest BCUT2D eigenvalue weighted by Crippen LogP contribution is -2.39. The van der Waals surface area contributed by atoms with E-state index < -0.39 is 12.0 Å². The fourth-order valence-electron chi connectivity index (χ4n) is 3.98. The lowest BCUT2D eigenvalue weighted by Gasteiger charge is -2.25. The van der Waals surface area contributed by atoms with Gasteiger partial charge < -0.3 is 18.9 Å². The van der Waals surface area contributed by atoms with Crippen LogP contribution in [0.2, 0.25) is 0 Å². The van der Waals surface area contributed by atoms with Crippen molar-refractivity contribution in [3.8, 4) is 17.2 Å². The van der Waals surface area contributed by atoms with E-state index in [-0.39, 0.29) is 12.2 Å². The van der Waals surface area contributed by atoms with E-state index in [0.29, 0.717) is 37.7 Å². The number of carbonyl (C=O) groups excluding carboxylic acids is 1. The summed E-state index contributed by atoms with van der Waals surface area (Å²) in [6.45, 7) is 3.69. The molecule has 182 valence electrons. The third kappa shape index (κ3) is 4.59. The first kappa shape index (κ1) is 24.3. The predicted molar refractivity (Wildman–Crippen MR) is 133 cm³/mol. The van der Waals surface area contributed by atoms with Crippen molar-refractivity contribution < 1.29 is 23.7 Å². The molecule has 1 atom stereocenters.